The number of methoxy groups -OCH3 is 2. The van der Waals surface area contributed by atoms with Gasteiger partial charge in [-0.2, -0.15) is 0 Å². The summed E-state index contributed by atoms with van der Waals surface area (Å²) in [6.07, 6.45) is 0. The van der Waals surface area contributed by atoms with Gasteiger partial charge in [0, 0.05) is 25.1 Å². The lowest BCUT2D eigenvalue weighted by Crippen LogP contribution is -2.19. The minimum atomic E-state index is -0.300. The third kappa shape index (κ3) is 4.87. The van der Waals surface area contributed by atoms with Gasteiger partial charge in [0.25, 0.3) is 5.91 Å². The molecule has 0 saturated heterocycles. The summed E-state index contributed by atoms with van der Waals surface area (Å²) in [4.78, 5) is 23.3. The maximum Gasteiger partial charge on any atom is 0.255 e. The van der Waals surface area contributed by atoms with Gasteiger partial charge in [0.15, 0.2) is 0 Å². The zero-order chi connectivity index (χ0) is 18.4. The molecule has 0 aliphatic carbocycles. The van der Waals surface area contributed by atoms with Crippen LogP contribution in [0.25, 0.3) is 0 Å². The maximum absolute atomic E-state index is 12.4. The molecule has 0 aliphatic heterocycles. The zero-order valence-corrected chi connectivity index (χ0v) is 14.9. The number of hydrogen-bond acceptors (Lipinski definition) is 4. The van der Waals surface area contributed by atoms with E-state index in [4.69, 9.17) is 21.1 Å². The minimum Gasteiger partial charge on any atom is -0.495 e. The molecule has 0 radical (unpaired) electrons. The van der Waals surface area contributed by atoms with Crippen LogP contribution < -0.4 is 20.1 Å². The van der Waals surface area contributed by atoms with Crippen molar-refractivity contribution in [2.24, 2.45) is 0 Å². The van der Waals surface area contributed by atoms with Crippen molar-refractivity contribution >= 4 is 29.1 Å². The molecule has 7 heteroatoms. The highest BCUT2D eigenvalue weighted by Gasteiger charge is 2.13. The molecule has 25 heavy (non-hydrogen) atoms. The van der Waals surface area contributed by atoms with E-state index in [1.165, 1.54) is 21.1 Å². The second-order valence-electron chi connectivity index (χ2n) is 5.25. The Morgan fingerprint density at radius 1 is 1.04 bits per heavy atom. The van der Waals surface area contributed by atoms with Gasteiger partial charge in [0.1, 0.15) is 11.5 Å². The molecule has 0 aliphatic rings. The molecule has 2 aromatic rings. The molecule has 2 aromatic carbocycles. The van der Waals surface area contributed by atoms with Crippen molar-refractivity contribution in [1.29, 1.82) is 0 Å². The maximum atomic E-state index is 12.4. The molecule has 6 nitrogen and oxygen atoms in total. The SMILES string of the molecule is COc1cc(OC)c(NC(=O)c2ccc(CNC(C)=O)cc2)cc1Cl. The summed E-state index contributed by atoms with van der Waals surface area (Å²) in [6.45, 7) is 1.87. The van der Waals surface area contributed by atoms with Crippen molar-refractivity contribution in [3.63, 3.8) is 0 Å². The van der Waals surface area contributed by atoms with E-state index in [1.54, 1.807) is 36.4 Å². The van der Waals surface area contributed by atoms with Crippen LogP contribution in [0.4, 0.5) is 5.69 Å². The average Bonchev–Trinajstić information content (AvgIpc) is 2.60. The monoisotopic (exact) mass is 362 g/mol. The fraction of sp³-hybridized carbons (Fsp3) is 0.222. The number of amides is 2. The summed E-state index contributed by atoms with van der Waals surface area (Å²) in [7, 11) is 3.00. The van der Waals surface area contributed by atoms with Crippen LogP contribution in [-0.2, 0) is 11.3 Å². The lowest BCUT2D eigenvalue weighted by molar-refractivity contribution is -0.119. The zero-order valence-electron chi connectivity index (χ0n) is 14.2. The molecule has 0 heterocycles. The fourth-order valence-electron chi connectivity index (χ4n) is 2.15. The van der Waals surface area contributed by atoms with Crippen molar-refractivity contribution in [3.05, 3.63) is 52.5 Å². The first kappa shape index (κ1) is 18.6. The topological polar surface area (TPSA) is 76.7 Å². The Morgan fingerprint density at radius 3 is 2.24 bits per heavy atom. The third-order valence-corrected chi connectivity index (χ3v) is 3.78. The Morgan fingerprint density at radius 2 is 1.68 bits per heavy atom. The third-order valence-electron chi connectivity index (χ3n) is 3.48. The van der Waals surface area contributed by atoms with Crippen molar-refractivity contribution in [3.8, 4) is 11.5 Å². The number of rotatable bonds is 6. The predicted octanol–water partition coefficient (Wildman–Crippen LogP) is 3.25. The van der Waals surface area contributed by atoms with E-state index in [-0.39, 0.29) is 11.8 Å². The van der Waals surface area contributed by atoms with Crippen LogP contribution in [0.1, 0.15) is 22.8 Å². The standard InChI is InChI=1S/C18H19ClN2O4/c1-11(22)20-10-12-4-6-13(7-5-12)18(23)21-15-8-14(19)16(24-2)9-17(15)25-3/h4-9H,10H2,1-3H3,(H,20,22)(H,21,23). The van der Waals surface area contributed by atoms with Gasteiger partial charge in [-0.05, 0) is 23.8 Å². The summed E-state index contributed by atoms with van der Waals surface area (Å²) in [5.41, 5.74) is 1.82. The minimum absolute atomic E-state index is 0.106. The largest absolute Gasteiger partial charge is 0.495 e. The lowest BCUT2D eigenvalue weighted by Gasteiger charge is -2.13. The molecule has 0 fully saturated rings. The highest BCUT2D eigenvalue weighted by atomic mass is 35.5. The Labute approximate surface area is 151 Å². The lowest BCUT2D eigenvalue weighted by atomic mass is 10.1. The van der Waals surface area contributed by atoms with Gasteiger partial charge >= 0.3 is 0 Å². The Balaban J connectivity index is 2.14. The van der Waals surface area contributed by atoms with E-state index in [0.29, 0.717) is 34.3 Å². The molecule has 0 bridgehead atoms. The van der Waals surface area contributed by atoms with Crippen LogP contribution in [0, 0.1) is 0 Å². The molecular formula is C18H19ClN2O4. The number of ether oxygens (including phenoxy) is 2. The summed E-state index contributed by atoms with van der Waals surface area (Å²) in [5, 5.41) is 5.83. The summed E-state index contributed by atoms with van der Waals surface area (Å²) in [6, 6.07) is 10.1. The Kier molecular flexibility index (Phi) is 6.25. The molecule has 2 amide bonds. The van der Waals surface area contributed by atoms with Gasteiger partial charge < -0.3 is 20.1 Å². The van der Waals surface area contributed by atoms with E-state index in [1.807, 2.05) is 0 Å². The summed E-state index contributed by atoms with van der Waals surface area (Å²) < 4.78 is 10.4. The van der Waals surface area contributed by atoms with Crippen molar-refractivity contribution in [2.75, 3.05) is 19.5 Å². The van der Waals surface area contributed by atoms with E-state index in [0.717, 1.165) is 5.56 Å². The molecule has 132 valence electrons. The molecule has 2 N–H and O–H groups in total. The summed E-state index contributed by atoms with van der Waals surface area (Å²) in [5.74, 6) is 0.492. The second kappa shape index (κ2) is 8.39. The average molecular weight is 363 g/mol. The molecule has 0 unspecified atom stereocenters. The van der Waals surface area contributed by atoms with Crippen molar-refractivity contribution < 1.29 is 19.1 Å². The van der Waals surface area contributed by atoms with Gasteiger partial charge in [0.05, 0.1) is 24.9 Å². The number of carbonyl (C=O) groups is 2. The molecule has 0 aromatic heterocycles. The van der Waals surface area contributed by atoms with Crippen molar-refractivity contribution in [1.82, 2.24) is 5.32 Å². The quantitative estimate of drug-likeness (QED) is 0.827. The second-order valence-corrected chi connectivity index (χ2v) is 5.66. The van der Waals surface area contributed by atoms with Crippen LogP contribution in [-0.4, -0.2) is 26.0 Å². The van der Waals surface area contributed by atoms with Crippen LogP contribution in [0.15, 0.2) is 36.4 Å². The molecule has 0 atom stereocenters. The number of carbonyl (C=O) groups excluding carboxylic acids is 2. The van der Waals surface area contributed by atoms with Gasteiger partial charge in [-0.1, -0.05) is 23.7 Å². The number of nitrogens with one attached hydrogen (secondary N) is 2. The van der Waals surface area contributed by atoms with Crippen LogP contribution in [0.3, 0.4) is 0 Å². The highest BCUT2D eigenvalue weighted by Crippen LogP contribution is 2.36. The molecule has 2 rings (SSSR count). The highest BCUT2D eigenvalue weighted by molar-refractivity contribution is 6.32. The van der Waals surface area contributed by atoms with E-state index in [2.05, 4.69) is 10.6 Å². The first-order chi connectivity index (χ1) is 11.9. The number of halogens is 1. The predicted molar refractivity (Wildman–Crippen MR) is 96.5 cm³/mol. The number of benzene rings is 2. The van der Waals surface area contributed by atoms with Gasteiger partial charge in [-0.25, -0.2) is 0 Å². The molecule has 0 saturated carbocycles. The fourth-order valence-corrected chi connectivity index (χ4v) is 2.39. The smallest absolute Gasteiger partial charge is 0.255 e. The van der Waals surface area contributed by atoms with Gasteiger partial charge in [-0.3, -0.25) is 9.59 Å². The Hall–Kier alpha value is -2.73. The first-order valence-corrected chi connectivity index (χ1v) is 7.88. The van der Waals surface area contributed by atoms with E-state index in [9.17, 15) is 9.59 Å². The van der Waals surface area contributed by atoms with E-state index >= 15 is 0 Å². The van der Waals surface area contributed by atoms with Crippen LogP contribution in [0.2, 0.25) is 5.02 Å². The van der Waals surface area contributed by atoms with Crippen molar-refractivity contribution in [2.45, 2.75) is 13.5 Å². The van der Waals surface area contributed by atoms with E-state index < -0.39 is 0 Å². The molecule has 0 spiro atoms. The van der Waals surface area contributed by atoms with Crippen LogP contribution in [0.5, 0.6) is 11.5 Å². The number of anilines is 1. The van der Waals surface area contributed by atoms with Crippen LogP contribution >= 0.6 is 11.6 Å². The van der Waals surface area contributed by atoms with Gasteiger partial charge in [-0.15, -0.1) is 0 Å². The summed E-state index contributed by atoms with van der Waals surface area (Å²) >= 11 is 6.10. The first-order valence-electron chi connectivity index (χ1n) is 7.51. The number of hydrogen-bond donors (Lipinski definition) is 2. The normalized spacial score (nSPS) is 10.1. The Bertz CT molecular complexity index is 775. The molecular weight excluding hydrogens is 344 g/mol. The van der Waals surface area contributed by atoms with Gasteiger partial charge in [0.2, 0.25) is 5.91 Å².